The van der Waals surface area contributed by atoms with Gasteiger partial charge in [-0.1, -0.05) is 55.8 Å². The second kappa shape index (κ2) is 29.3. The van der Waals surface area contributed by atoms with Gasteiger partial charge in [-0.05, 0) is 114 Å². The number of pyridine rings is 1. The maximum atomic E-state index is 14.6. The van der Waals surface area contributed by atoms with E-state index in [2.05, 4.69) is 15.2 Å². The van der Waals surface area contributed by atoms with Crippen LogP contribution in [0.3, 0.4) is 0 Å². The monoisotopic (exact) mass is 1090 g/mol. The first-order valence-electron chi connectivity index (χ1n) is 27.3. The molecule has 0 aromatic carbocycles. The lowest BCUT2D eigenvalue weighted by Gasteiger charge is -2.47. The van der Waals surface area contributed by atoms with E-state index in [0.717, 1.165) is 27.5 Å². The largest absolute Gasteiger partial charge is 0.462 e. The summed E-state index contributed by atoms with van der Waals surface area (Å²) >= 11 is 1.64. The van der Waals surface area contributed by atoms with Crippen molar-refractivity contribution >= 4 is 28.8 Å². The summed E-state index contributed by atoms with van der Waals surface area (Å²) in [6.07, 6.45) is 4.00. The van der Waals surface area contributed by atoms with Crippen LogP contribution in [0.1, 0.15) is 85.1 Å². The highest BCUT2D eigenvalue weighted by atomic mass is 32.1. The van der Waals surface area contributed by atoms with Crippen molar-refractivity contribution in [2.24, 2.45) is 28.8 Å². The fourth-order valence-corrected chi connectivity index (χ4v) is 11.7. The molecule has 4 aliphatic rings. The number of carbonyl (C=O) groups is 2. The number of rotatable bonds is 16. The number of esters is 1. The van der Waals surface area contributed by atoms with Crippen molar-refractivity contribution in [3.63, 3.8) is 0 Å². The molecule has 0 radical (unpaired) electrons. The molecule has 2 bridgehead atoms. The number of carbonyl (C=O) groups excluding carboxylic acids is 2. The maximum absolute atomic E-state index is 14.6. The molecule has 1 unspecified atom stereocenters. The Hall–Kier alpha value is -4.29. The predicted octanol–water partition coefficient (Wildman–Crippen LogP) is 6.15. The number of allylic oxidation sites excluding steroid dienone is 3. The molecule has 3 aliphatic heterocycles. The number of oxime groups is 1. The fraction of sp³-hybridized carbons (Fsp3) is 0.667. The molecule has 0 spiro atoms. The van der Waals surface area contributed by atoms with Gasteiger partial charge in [-0.2, -0.15) is 5.10 Å². The van der Waals surface area contributed by atoms with Gasteiger partial charge in [0.05, 0.1) is 73.8 Å². The van der Waals surface area contributed by atoms with Gasteiger partial charge in [0.1, 0.15) is 42.4 Å². The van der Waals surface area contributed by atoms with Crippen molar-refractivity contribution in [1.29, 1.82) is 0 Å². The Morgan fingerprint density at radius 2 is 1.77 bits per heavy atom. The maximum Gasteiger partial charge on any atom is 0.308 e. The number of hydrogen-bond donors (Lipinski definition) is 3. The molecule has 2 saturated heterocycles. The number of ketones is 1. The number of hydrogen-bond acceptors (Lipinski definition) is 19. The van der Waals surface area contributed by atoms with Crippen LogP contribution in [0.5, 0.6) is 0 Å². The highest BCUT2D eigenvalue weighted by Crippen LogP contribution is 2.36. The van der Waals surface area contributed by atoms with Crippen LogP contribution in [-0.4, -0.2) is 187 Å². The third-order valence-electron chi connectivity index (χ3n) is 15.5. The van der Waals surface area contributed by atoms with Crippen molar-refractivity contribution in [3.05, 3.63) is 77.5 Å². The standard InChI is InChI=1S/C57H83N5O14S/c1-10-45-40(31-71-46-19-18-44(64)55(68-8)56(46)69-9)27-34(2)15-17-43(63)35(3)28-39-22-25-70-32-41(60-73-24-11-13-38-16-20-49(58-30-38)62-23-21-42(59-62)48-14-12-26-77-48)33-72-47(29-50(65)75-45)36(4)54(39)76-57-53(67)51(61(6)7)52(66)37(5)74-57/h12,14-17,20-21,23,26-27,30,35-37,39-40,44-47,51-57,64,66-67H,10-11,13,18-19,22,24-25,28-29,31-33H2,1-9H3/b17-15+,34-27+,60-41+/t35-,36+,37-,39?,40-,44-,45-,46-,47-,51+,52-,53-,54-,55-,56+,57+/m1/s1. The van der Waals surface area contributed by atoms with Crippen molar-refractivity contribution in [1.82, 2.24) is 19.7 Å². The molecule has 20 heteroatoms. The van der Waals surface area contributed by atoms with E-state index in [-0.39, 0.29) is 44.5 Å². The lowest BCUT2D eigenvalue weighted by atomic mass is 9.79. The van der Waals surface area contributed by atoms with Crippen LogP contribution in [0.25, 0.3) is 16.4 Å². The van der Waals surface area contributed by atoms with Gasteiger partial charge in [0.25, 0.3) is 0 Å². The summed E-state index contributed by atoms with van der Waals surface area (Å²) < 4.78 is 52.4. The number of methoxy groups -OCH3 is 2. The molecule has 3 aromatic rings. The summed E-state index contributed by atoms with van der Waals surface area (Å²) in [6, 6.07) is 9.29. The van der Waals surface area contributed by atoms with E-state index in [4.69, 9.17) is 42.7 Å². The highest BCUT2D eigenvalue weighted by Gasteiger charge is 2.48. The molecule has 1 saturated carbocycles. The SMILES string of the molecule is CC[C@H]1OC(=O)C[C@H]2OC/C(=N/OCCCc3ccc(-n4ccc(-c5cccs5)n4)nc3)COCCC(C[C@@H](C)C(=O)/C=C/C(C)=C/[C@@H]1CO[C@@H]1CC[C@@H](O)[C@@H](OC)[C@H]1OC)[C@H](O[C@@H]1O[C@H](C)[C@@H](O)[C@H](N(C)C)[C@H]1O)[C@H]2C. The zero-order chi connectivity index (χ0) is 55.2. The lowest BCUT2D eigenvalue weighted by Crippen LogP contribution is -2.63. The van der Waals surface area contributed by atoms with E-state index in [1.165, 1.54) is 0 Å². The van der Waals surface area contributed by atoms with Crippen LogP contribution in [0.2, 0.25) is 0 Å². The second-order valence-electron chi connectivity index (χ2n) is 21.3. The molecule has 16 atom stereocenters. The predicted molar refractivity (Wildman–Crippen MR) is 289 cm³/mol. The molecule has 3 aromatic heterocycles. The number of nitrogens with zero attached hydrogens (tertiary/aromatic N) is 5. The highest BCUT2D eigenvalue weighted by molar-refractivity contribution is 7.13. The zero-order valence-corrected chi connectivity index (χ0v) is 47.1. The van der Waals surface area contributed by atoms with Crippen LogP contribution in [0.15, 0.2) is 77.1 Å². The van der Waals surface area contributed by atoms with Gasteiger partial charge in [-0.25, -0.2) is 9.67 Å². The minimum atomic E-state index is -1.25. The van der Waals surface area contributed by atoms with E-state index in [1.54, 1.807) is 68.3 Å². The van der Waals surface area contributed by atoms with Crippen LogP contribution in [-0.2, 0) is 58.7 Å². The average Bonchev–Trinajstić information content (AvgIpc) is 4.14. The molecule has 19 nitrogen and oxygen atoms in total. The van der Waals surface area contributed by atoms with Crippen LogP contribution in [0.4, 0.5) is 0 Å². The van der Waals surface area contributed by atoms with Gasteiger partial charge in [0.15, 0.2) is 17.9 Å². The molecule has 3 fully saturated rings. The second-order valence-corrected chi connectivity index (χ2v) is 22.2. The van der Waals surface area contributed by atoms with E-state index < -0.39 is 97.1 Å². The number of fused-ring (bicyclic) bond motifs is 3. The smallest absolute Gasteiger partial charge is 0.308 e. The quantitative estimate of drug-likeness (QED) is 0.0831. The number of cyclic esters (lactones) is 1. The Kier molecular flexibility index (Phi) is 22.9. The normalized spacial score (nSPS) is 35.0. The van der Waals surface area contributed by atoms with Gasteiger partial charge in [-0.15, -0.1) is 11.3 Å². The van der Waals surface area contributed by atoms with Crippen LogP contribution >= 0.6 is 11.3 Å². The minimum absolute atomic E-state index is 0.0460. The number of aromatic nitrogens is 3. The van der Waals surface area contributed by atoms with E-state index >= 15 is 0 Å². The first-order valence-corrected chi connectivity index (χ1v) is 28.2. The van der Waals surface area contributed by atoms with Gasteiger partial charge in [0, 0.05) is 51.0 Å². The summed E-state index contributed by atoms with van der Waals surface area (Å²) in [7, 11) is 6.67. The molecular weight excluding hydrogens is 1010 g/mol. The molecule has 7 rings (SSSR count). The van der Waals surface area contributed by atoms with Crippen molar-refractivity contribution in [2.75, 3.05) is 61.3 Å². The first-order chi connectivity index (χ1) is 37.1. The van der Waals surface area contributed by atoms with E-state index in [0.29, 0.717) is 57.3 Å². The number of ether oxygens (including phenoxy) is 8. The Morgan fingerprint density at radius 1 is 0.961 bits per heavy atom. The van der Waals surface area contributed by atoms with Gasteiger partial charge in [0.2, 0.25) is 0 Å². The topological polar surface area (TPSA) is 224 Å². The van der Waals surface area contributed by atoms with Crippen molar-refractivity contribution in [2.45, 2.75) is 159 Å². The average molecular weight is 1090 g/mol. The number of thiophene rings is 1. The number of aliphatic hydroxyl groups is 3. The summed E-state index contributed by atoms with van der Waals surface area (Å²) in [5.74, 6) is -1.70. The molecular formula is C57H83N5O14S. The van der Waals surface area contributed by atoms with Crippen LogP contribution in [0, 0.1) is 23.7 Å². The van der Waals surface area contributed by atoms with Gasteiger partial charge in [-0.3, -0.25) is 9.59 Å². The molecule has 1 aliphatic carbocycles. The summed E-state index contributed by atoms with van der Waals surface area (Å²) in [5.41, 5.74) is 3.20. The first kappa shape index (κ1) is 60.4. The van der Waals surface area contributed by atoms with E-state index in [9.17, 15) is 24.9 Å². The minimum Gasteiger partial charge on any atom is -0.462 e. The van der Waals surface area contributed by atoms with Crippen LogP contribution < -0.4 is 0 Å². The van der Waals surface area contributed by atoms with Crippen molar-refractivity contribution < 1.29 is 67.6 Å². The summed E-state index contributed by atoms with van der Waals surface area (Å²) in [4.78, 5) is 42.1. The molecule has 0 amide bonds. The third kappa shape index (κ3) is 16.2. The number of aryl methyl sites for hydroxylation is 1. The fourth-order valence-electron chi connectivity index (χ4n) is 11.0. The third-order valence-corrected chi connectivity index (χ3v) is 16.3. The number of likely N-dealkylation sites (N-methyl/N-ethyl adjacent to an activating group) is 1. The lowest BCUT2D eigenvalue weighted by molar-refractivity contribution is -0.305. The summed E-state index contributed by atoms with van der Waals surface area (Å²) in [6.45, 7) is 10.2. The Balaban J connectivity index is 1.12. The molecule has 77 heavy (non-hydrogen) atoms. The Labute approximate surface area is 457 Å². The summed E-state index contributed by atoms with van der Waals surface area (Å²) in [5, 5.41) is 44.8. The molecule has 426 valence electrons. The molecule has 6 heterocycles. The molecule has 3 N–H and O–H groups in total. The zero-order valence-electron chi connectivity index (χ0n) is 46.3. The number of aliphatic hydroxyl groups excluding tert-OH is 3. The van der Waals surface area contributed by atoms with E-state index in [1.807, 2.05) is 81.9 Å². The van der Waals surface area contributed by atoms with Gasteiger partial charge < -0.3 is 63.0 Å². The Bertz CT molecular complexity index is 2380. The van der Waals surface area contributed by atoms with Gasteiger partial charge >= 0.3 is 5.97 Å². The van der Waals surface area contributed by atoms with Crippen molar-refractivity contribution in [3.8, 4) is 16.4 Å². The Morgan fingerprint density at radius 3 is 2.48 bits per heavy atom.